The van der Waals surface area contributed by atoms with Crippen LogP contribution in [0.2, 0.25) is 0 Å². The zero-order chi connectivity index (χ0) is 49.2. The lowest BCUT2D eigenvalue weighted by atomic mass is 9.91. The van der Waals surface area contributed by atoms with E-state index in [0.717, 1.165) is 0 Å². The second-order valence-electron chi connectivity index (χ2n) is 16.2. The summed E-state index contributed by atoms with van der Waals surface area (Å²) in [6.45, 7) is 3.23. The molecule has 388 valence electrons. The number of aliphatic hydroxyl groups excluding tert-OH is 6. The molecule has 34 heteroatoms. The van der Waals surface area contributed by atoms with Crippen molar-refractivity contribution >= 4 is 20.8 Å². The summed E-state index contributed by atoms with van der Waals surface area (Å²) in [6, 6.07) is -4.11. The molecule has 0 aromatic rings. The fraction of sp³-hybridized carbons (Fsp3) is 1.00. The quantitative estimate of drug-likeness (QED) is 0.0325. The van der Waals surface area contributed by atoms with E-state index in [1.54, 1.807) is 0 Å². The van der Waals surface area contributed by atoms with E-state index in [1.807, 2.05) is 0 Å². The van der Waals surface area contributed by atoms with E-state index in [2.05, 4.69) is 23.3 Å². The Kier molecular flexibility index (Phi) is 19.7. The third kappa shape index (κ3) is 13.4. The number of ether oxygens (including phenoxy) is 9. The van der Waals surface area contributed by atoms with Gasteiger partial charge in [-0.3, -0.25) is 9.11 Å². The third-order valence-corrected chi connectivity index (χ3v) is 12.6. The van der Waals surface area contributed by atoms with E-state index in [-0.39, 0.29) is 0 Å². The number of nitrogens with two attached hydrogens (primary N) is 3. The Morgan fingerprint density at radius 2 is 0.955 bits per heavy atom. The molecule has 16 N–H and O–H groups in total. The van der Waals surface area contributed by atoms with Gasteiger partial charge in [-0.15, -0.1) is 0 Å². The Morgan fingerprint density at radius 1 is 0.455 bits per heavy atom. The predicted octanol–water partition coefficient (Wildman–Crippen LogP) is -7.11. The van der Waals surface area contributed by atoms with Gasteiger partial charge in [0.05, 0.1) is 55.8 Å². The van der Waals surface area contributed by atoms with Crippen molar-refractivity contribution in [3.63, 3.8) is 0 Å². The summed E-state index contributed by atoms with van der Waals surface area (Å²) in [7, 11) is -9.94. The molecule has 0 spiro atoms. The highest BCUT2D eigenvalue weighted by atomic mass is 32.3. The second-order valence-corrected chi connectivity index (χ2v) is 18.4. The van der Waals surface area contributed by atoms with Crippen LogP contribution < -0.4 is 17.2 Å². The molecule has 66 heavy (non-hydrogen) atoms. The molecule has 25 atom stereocenters. The van der Waals surface area contributed by atoms with E-state index in [1.165, 1.54) is 27.7 Å². The summed E-state index contributed by atoms with van der Waals surface area (Å²) in [5, 5.41) is 91.9. The van der Waals surface area contributed by atoms with Crippen molar-refractivity contribution in [3.8, 4) is 0 Å². The van der Waals surface area contributed by atoms with Crippen molar-refractivity contribution in [1.82, 2.24) is 0 Å². The molecule has 0 aliphatic carbocycles. The standard InChI is InChI=1S/C32H59N3O29S2/c1-8-18(36)24(10(3)54-29(8)60-26-14(7-52-66(47,48)49)53-9(2)15(33)21(26)39)58-31-17(35)28(62-64-43)27(13(57-31)5-50-63-42)61-32-23(41)22(40)25(11(4)55-32)59-30-16(34)20(38)19(37)12(56-30)6-51-65(44,45)46/h8-32,36-43H,5-7,33-35H2,1-4H3,(H,44,45,46)(H,47,48,49)/t8?,9-,10?,11?,12?,13?,14?,15?,16?,17?,18+,19-,20-,21-,22-,23?,24+,25-,26-,27-,28-,29+,30-,31+,32+/m1/s1. The van der Waals surface area contributed by atoms with Gasteiger partial charge in [0.25, 0.3) is 0 Å². The van der Waals surface area contributed by atoms with Crippen molar-refractivity contribution in [2.75, 3.05) is 19.8 Å². The summed E-state index contributed by atoms with van der Waals surface area (Å²) in [5.74, 6) is -1.01. The first-order chi connectivity index (χ1) is 30.8. The number of hydrogen-bond acceptors (Lipinski definition) is 30. The Hall–Kier alpha value is -1.22. The minimum Gasteiger partial charge on any atom is -0.390 e. The van der Waals surface area contributed by atoms with Gasteiger partial charge in [-0.2, -0.15) is 21.7 Å². The topological polar surface area (TPSA) is 487 Å². The van der Waals surface area contributed by atoms with Crippen LogP contribution >= 0.6 is 0 Å². The molecule has 0 amide bonds. The molecule has 32 nitrogen and oxygen atoms in total. The Balaban J connectivity index is 1.27. The Labute approximate surface area is 375 Å². The SMILES string of the molecule is CC1O[C@@H](O[C@@H]2C(COOO)O[C@@H](O[C@H]3C(C)O[C@@H](O[C@@H]4C(COS(=O)(=O)O)O[C@H](C)C(N)[C@H]4O)C(C)[C@@H]3O)C(N)[C@H]2OOO)C(O)[C@@H](O)[C@@H]1O[C@H]1OC(COS(=O)(=O)O)[C@@H](O)[C@H](O)C1N. The zero-order valence-corrected chi connectivity index (χ0v) is 37.0. The Morgan fingerprint density at radius 3 is 1.53 bits per heavy atom. The molecular weight excluding hydrogens is 954 g/mol. The van der Waals surface area contributed by atoms with Crippen LogP contribution in [-0.4, -0.2) is 234 Å². The predicted molar refractivity (Wildman–Crippen MR) is 202 cm³/mol. The summed E-state index contributed by atoms with van der Waals surface area (Å²) in [6.07, 6.45) is -32.3. The van der Waals surface area contributed by atoms with Gasteiger partial charge in [0, 0.05) is 5.92 Å². The summed E-state index contributed by atoms with van der Waals surface area (Å²) in [5.41, 5.74) is 18.5. The van der Waals surface area contributed by atoms with E-state index < -0.39 is 194 Å². The molecule has 5 aliphatic heterocycles. The monoisotopic (exact) mass is 1010 g/mol. The van der Waals surface area contributed by atoms with Crippen LogP contribution in [0.5, 0.6) is 0 Å². The minimum absolute atomic E-state index is 0.750. The highest BCUT2D eigenvalue weighted by Gasteiger charge is 2.56. The molecular formula is C32H59N3O29S2. The maximum atomic E-state index is 11.5. The van der Waals surface area contributed by atoms with Crippen LogP contribution in [0.3, 0.4) is 0 Å². The first kappa shape index (κ1) is 55.7. The molecule has 0 aromatic heterocycles. The van der Waals surface area contributed by atoms with Gasteiger partial charge in [-0.05, 0) is 20.8 Å². The molecule has 5 aliphatic rings. The number of rotatable bonds is 19. The van der Waals surface area contributed by atoms with Crippen molar-refractivity contribution < 1.29 is 138 Å². The number of aliphatic hydroxyl groups is 6. The summed E-state index contributed by atoms with van der Waals surface area (Å²) in [4.78, 5) is 9.69. The summed E-state index contributed by atoms with van der Waals surface area (Å²) >= 11 is 0. The molecule has 5 heterocycles. The van der Waals surface area contributed by atoms with Crippen LogP contribution in [0.25, 0.3) is 0 Å². The number of hydrogen-bond donors (Lipinski definition) is 13. The van der Waals surface area contributed by atoms with Crippen LogP contribution in [0.4, 0.5) is 0 Å². The smallest absolute Gasteiger partial charge is 0.390 e. The molecule has 0 bridgehead atoms. The van der Waals surface area contributed by atoms with Gasteiger partial charge in [0.1, 0.15) is 86.0 Å². The normalized spacial score (nSPS) is 47.4. The average molecular weight is 1010 g/mol. The van der Waals surface area contributed by atoms with Crippen LogP contribution in [0.1, 0.15) is 27.7 Å². The van der Waals surface area contributed by atoms with Crippen LogP contribution in [0.15, 0.2) is 0 Å². The van der Waals surface area contributed by atoms with Gasteiger partial charge in [0.15, 0.2) is 25.2 Å². The van der Waals surface area contributed by atoms with Gasteiger partial charge in [-0.25, -0.2) is 23.8 Å². The second kappa shape index (κ2) is 23.3. The lowest BCUT2D eigenvalue weighted by molar-refractivity contribution is -0.530. The first-order valence-electron chi connectivity index (χ1n) is 20.2. The van der Waals surface area contributed by atoms with Crippen molar-refractivity contribution in [2.24, 2.45) is 23.1 Å². The van der Waals surface area contributed by atoms with Crippen LogP contribution in [-0.2, 0) is 91.6 Å². The van der Waals surface area contributed by atoms with Crippen molar-refractivity contribution in [2.45, 2.75) is 175 Å². The fourth-order valence-corrected chi connectivity index (χ4v) is 8.63. The first-order valence-corrected chi connectivity index (χ1v) is 22.9. The van der Waals surface area contributed by atoms with Gasteiger partial charge in [0.2, 0.25) is 0 Å². The van der Waals surface area contributed by atoms with E-state index in [9.17, 15) is 52.7 Å². The van der Waals surface area contributed by atoms with Gasteiger partial charge in [-0.1, -0.05) is 17.0 Å². The molecule has 10 unspecified atom stereocenters. The van der Waals surface area contributed by atoms with Gasteiger partial charge >= 0.3 is 20.8 Å². The zero-order valence-electron chi connectivity index (χ0n) is 35.3. The molecule has 5 fully saturated rings. The van der Waals surface area contributed by atoms with Crippen LogP contribution in [0, 0.1) is 5.92 Å². The maximum Gasteiger partial charge on any atom is 0.397 e. The van der Waals surface area contributed by atoms with E-state index >= 15 is 0 Å². The highest BCUT2D eigenvalue weighted by Crippen LogP contribution is 2.37. The third-order valence-electron chi connectivity index (χ3n) is 11.7. The maximum absolute atomic E-state index is 11.5. The largest absolute Gasteiger partial charge is 0.397 e. The molecule has 5 saturated heterocycles. The van der Waals surface area contributed by atoms with E-state index in [0.29, 0.717) is 0 Å². The average Bonchev–Trinajstić information content (AvgIpc) is 3.24. The fourth-order valence-electron chi connectivity index (χ4n) is 8.02. The molecule has 0 radical (unpaired) electrons. The Bertz CT molecular complexity index is 1750. The molecule has 0 aromatic carbocycles. The summed E-state index contributed by atoms with van der Waals surface area (Å²) < 4.78 is 124. The lowest BCUT2D eigenvalue weighted by Crippen LogP contribution is -2.69. The lowest BCUT2D eigenvalue weighted by Gasteiger charge is -2.50. The molecule has 0 saturated carbocycles. The highest BCUT2D eigenvalue weighted by molar-refractivity contribution is 7.81. The van der Waals surface area contributed by atoms with Crippen molar-refractivity contribution in [1.29, 1.82) is 0 Å². The minimum atomic E-state index is -5.00. The van der Waals surface area contributed by atoms with Crippen molar-refractivity contribution in [3.05, 3.63) is 0 Å². The van der Waals surface area contributed by atoms with Gasteiger partial charge < -0.3 is 90.5 Å². The van der Waals surface area contributed by atoms with E-state index in [4.69, 9.17) is 79.1 Å². The molecule has 5 rings (SSSR count).